The molecular weight excluding hydrogens is 222 g/mol. The molecule has 1 aliphatic rings. The van der Waals surface area contributed by atoms with Gasteiger partial charge in [0.2, 0.25) is 0 Å². The molecule has 0 spiro atoms. The Bertz CT molecular complexity index is 559. The lowest BCUT2D eigenvalue weighted by atomic mass is 9.97. The van der Waals surface area contributed by atoms with Crippen molar-refractivity contribution < 1.29 is 0 Å². The number of thiazole rings is 1. The summed E-state index contributed by atoms with van der Waals surface area (Å²) in [7, 11) is 0. The largest absolute Gasteiger partial charge is 0.306 e. The molecule has 4 nitrogen and oxygen atoms in total. The van der Waals surface area contributed by atoms with Crippen molar-refractivity contribution in [1.29, 1.82) is 0 Å². The second-order valence-corrected chi connectivity index (χ2v) is 4.80. The molecule has 0 aromatic carbocycles. The van der Waals surface area contributed by atoms with E-state index in [9.17, 15) is 4.79 Å². The quantitative estimate of drug-likeness (QED) is 0.816. The summed E-state index contributed by atoms with van der Waals surface area (Å²) in [5.41, 5.74) is 3.61. The van der Waals surface area contributed by atoms with E-state index in [1.165, 1.54) is 11.3 Å². The van der Waals surface area contributed by atoms with E-state index in [0.717, 1.165) is 41.8 Å². The van der Waals surface area contributed by atoms with E-state index in [0.29, 0.717) is 5.82 Å². The van der Waals surface area contributed by atoms with Crippen molar-refractivity contribution in [3.8, 4) is 10.7 Å². The van der Waals surface area contributed by atoms with Gasteiger partial charge in [0.25, 0.3) is 5.56 Å². The molecule has 0 bridgehead atoms. The molecule has 0 saturated heterocycles. The van der Waals surface area contributed by atoms with Crippen molar-refractivity contribution >= 4 is 11.3 Å². The van der Waals surface area contributed by atoms with Gasteiger partial charge in [-0.3, -0.25) is 9.78 Å². The first-order valence-corrected chi connectivity index (χ1v) is 6.23. The minimum Gasteiger partial charge on any atom is -0.306 e. The van der Waals surface area contributed by atoms with Crippen LogP contribution in [0.4, 0.5) is 0 Å². The van der Waals surface area contributed by atoms with E-state index in [2.05, 4.69) is 15.0 Å². The summed E-state index contributed by atoms with van der Waals surface area (Å²) in [5.74, 6) is 0.660. The van der Waals surface area contributed by atoms with Crippen molar-refractivity contribution in [2.24, 2.45) is 0 Å². The van der Waals surface area contributed by atoms with Gasteiger partial charge in [0.05, 0.1) is 16.1 Å². The normalized spacial score (nSPS) is 14.8. The van der Waals surface area contributed by atoms with Crippen LogP contribution < -0.4 is 5.56 Å². The van der Waals surface area contributed by atoms with Crippen molar-refractivity contribution in [2.75, 3.05) is 0 Å². The van der Waals surface area contributed by atoms with Gasteiger partial charge in [-0.2, -0.15) is 0 Å². The third-order valence-corrected chi connectivity index (χ3v) is 3.64. The first-order chi connectivity index (χ1) is 7.84. The summed E-state index contributed by atoms with van der Waals surface area (Å²) in [6.07, 6.45) is 5.74. The van der Waals surface area contributed by atoms with Gasteiger partial charge in [-0.25, -0.2) is 4.98 Å². The summed E-state index contributed by atoms with van der Waals surface area (Å²) in [5, 5.41) is 0. The number of nitrogens with one attached hydrogen (secondary N) is 1. The average Bonchev–Trinajstić information content (AvgIpc) is 2.82. The first-order valence-electron chi connectivity index (χ1n) is 5.35. The van der Waals surface area contributed by atoms with Crippen LogP contribution in [-0.4, -0.2) is 15.0 Å². The number of aromatic nitrogens is 3. The number of rotatable bonds is 1. The van der Waals surface area contributed by atoms with E-state index in [1.54, 1.807) is 11.7 Å². The molecule has 0 fully saturated rings. The molecule has 0 amide bonds. The first kappa shape index (κ1) is 9.72. The maximum absolute atomic E-state index is 11.9. The summed E-state index contributed by atoms with van der Waals surface area (Å²) in [6.45, 7) is 0. The lowest BCUT2D eigenvalue weighted by Crippen LogP contribution is -2.21. The average molecular weight is 233 g/mol. The van der Waals surface area contributed by atoms with Crippen molar-refractivity contribution in [3.05, 3.63) is 33.3 Å². The predicted molar refractivity (Wildman–Crippen MR) is 62.6 cm³/mol. The van der Waals surface area contributed by atoms with Crippen molar-refractivity contribution in [2.45, 2.75) is 25.7 Å². The number of hydrogen-bond donors (Lipinski definition) is 1. The molecule has 0 atom stereocenters. The van der Waals surface area contributed by atoms with E-state index in [-0.39, 0.29) is 5.56 Å². The molecule has 16 heavy (non-hydrogen) atoms. The van der Waals surface area contributed by atoms with E-state index < -0.39 is 0 Å². The van der Waals surface area contributed by atoms with Gasteiger partial charge in [0.1, 0.15) is 0 Å². The molecule has 82 valence electrons. The number of H-pyrrole nitrogens is 1. The van der Waals surface area contributed by atoms with Gasteiger partial charge in [0.15, 0.2) is 5.82 Å². The van der Waals surface area contributed by atoms with Gasteiger partial charge in [-0.15, -0.1) is 11.3 Å². The standard InChI is InChI=1S/C11H11N3OS/c15-11-7-3-1-2-4-8(7)13-10(14-11)9-5-12-6-16-9/h5-6H,1-4H2,(H,13,14,15). The third kappa shape index (κ3) is 1.57. The summed E-state index contributed by atoms with van der Waals surface area (Å²) in [6, 6.07) is 0. The van der Waals surface area contributed by atoms with E-state index >= 15 is 0 Å². The number of aryl methyl sites for hydroxylation is 1. The third-order valence-electron chi connectivity index (χ3n) is 2.86. The zero-order valence-electron chi connectivity index (χ0n) is 8.69. The molecule has 3 rings (SSSR count). The Morgan fingerprint density at radius 1 is 1.31 bits per heavy atom. The number of hydrogen-bond acceptors (Lipinski definition) is 4. The highest BCUT2D eigenvalue weighted by Gasteiger charge is 2.16. The Kier molecular flexibility index (Phi) is 2.32. The fraction of sp³-hybridized carbons (Fsp3) is 0.364. The van der Waals surface area contributed by atoms with Crippen LogP contribution in [0.3, 0.4) is 0 Å². The molecule has 0 unspecified atom stereocenters. The van der Waals surface area contributed by atoms with Crippen LogP contribution in [-0.2, 0) is 12.8 Å². The zero-order chi connectivity index (χ0) is 11.0. The topological polar surface area (TPSA) is 58.6 Å². The van der Waals surface area contributed by atoms with E-state index in [4.69, 9.17) is 0 Å². The second kappa shape index (κ2) is 3.83. The summed E-state index contributed by atoms with van der Waals surface area (Å²) >= 11 is 1.49. The number of aromatic amines is 1. The maximum atomic E-state index is 11.9. The Labute approximate surface area is 96.4 Å². The van der Waals surface area contributed by atoms with Crippen LogP contribution in [0.25, 0.3) is 10.7 Å². The van der Waals surface area contributed by atoms with Crippen LogP contribution in [0.5, 0.6) is 0 Å². The van der Waals surface area contributed by atoms with Crippen LogP contribution in [0.2, 0.25) is 0 Å². The van der Waals surface area contributed by atoms with Crippen molar-refractivity contribution in [1.82, 2.24) is 15.0 Å². The van der Waals surface area contributed by atoms with Crippen LogP contribution >= 0.6 is 11.3 Å². The highest BCUT2D eigenvalue weighted by Crippen LogP contribution is 2.21. The molecular formula is C11H11N3OS. The molecule has 1 aliphatic carbocycles. The number of nitrogens with zero attached hydrogens (tertiary/aromatic N) is 2. The molecule has 5 heteroatoms. The monoisotopic (exact) mass is 233 g/mol. The number of fused-ring (bicyclic) bond motifs is 1. The highest BCUT2D eigenvalue weighted by molar-refractivity contribution is 7.13. The Balaban J connectivity index is 2.16. The lowest BCUT2D eigenvalue weighted by molar-refractivity contribution is 0.657. The van der Waals surface area contributed by atoms with Crippen LogP contribution in [0.15, 0.2) is 16.5 Å². The Morgan fingerprint density at radius 3 is 3.00 bits per heavy atom. The van der Waals surface area contributed by atoms with E-state index in [1.807, 2.05) is 0 Å². The molecule has 0 aliphatic heterocycles. The van der Waals surface area contributed by atoms with Crippen LogP contribution in [0.1, 0.15) is 24.1 Å². The smallest absolute Gasteiger partial charge is 0.254 e. The molecule has 0 saturated carbocycles. The lowest BCUT2D eigenvalue weighted by Gasteiger charge is -2.13. The molecule has 2 heterocycles. The SMILES string of the molecule is O=c1[nH]c(-c2cncs2)nc2c1CCCC2. The molecule has 1 N–H and O–H groups in total. The molecule has 0 radical (unpaired) electrons. The summed E-state index contributed by atoms with van der Waals surface area (Å²) < 4.78 is 0. The minimum atomic E-state index is 0.0214. The fourth-order valence-electron chi connectivity index (χ4n) is 2.05. The highest BCUT2D eigenvalue weighted by atomic mass is 32.1. The Morgan fingerprint density at radius 2 is 2.19 bits per heavy atom. The van der Waals surface area contributed by atoms with Crippen molar-refractivity contribution in [3.63, 3.8) is 0 Å². The minimum absolute atomic E-state index is 0.0214. The van der Waals surface area contributed by atoms with Gasteiger partial charge >= 0.3 is 0 Å². The Hall–Kier alpha value is -1.49. The van der Waals surface area contributed by atoms with Gasteiger partial charge in [-0.1, -0.05) is 0 Å². The maximum Gasteiger partial charge on any atom is 0.254 e. The van der Waals surface area contributed by atoms with Gasteiger partial charge in [-0.05, 0) is 25.7 Å². The van der Waals surface area contributed by atoms with Gasteiger partial charge in [0, 0.05) is 11.8 Å². The predicted octanol–water partition coefficient (Wildman–Crippen LogP) is 1.77. The molecule has 2 aromatic rings. The second-order valence-electron chi connectivity index (χ2n) is 3.91. The molecule has 2 aromatic heterocycles. The fourth-order valence-corrected chi connectivity index (χ4v) is 2.62. The van der Waals surface area contributed by atoms with Gasteiger partial charge < -0.3 is 4.98 Å². The summed E-state index contributed by atoms with van der Waals surface area (Å²) in [4.78, 5) is 24.2. The zero-order valence-corrected chi connectivity index (χ0v) is 9.51. The van der Waals surface area contributed by atoms with Crippen LogP contribution in [0, 0.1) is 0 Å².